The number of hydrogen-bond donors (Lipinski definition) is 0. The summed E-state index contributed by atoms with van der Waals surface area (Å²) in [5, 5.41) is 0. The number of unbranched alkanes of at least 4 members (excludes halogenated alkanes) is 45. The maximum Gasteiger partial charge on any atom is 0.336 e. The molecule has 1 rings (SSSR count). The van der Waals surface area contributed by atoms with Gasteiger partial charge in [0.25, 0.3) is 0 Å². The van der Waals surface area contributed by atoms with Crippen LogP contribution in [0, 0.1) is 0 Å². The molecule has 0 radical (unpaired) electrons. The first-order chi connectivity index (χ1) is 44.3. The summed E-state index contributed by atoms with van der Waals surface area (Å²) in [7, 11) is 0. The summed E-state index contributed by atoms with van der Waals surface area (Å²) in [5.74, 6) is 5.18. The summed E-state index contributed by atoms with van der Waals surface area (Å²) < 4.78 is 19.1. The minimum atomic E-state index is -0.875. The molecule has 15 heteroatoms. The van der Waals surface area contributed by atoms with Crippen LogP contribution < -0.4 is 17.1 Å². The molecular weight excluding hydrogens is 1180 g/mol. The Balaban J connectivity index is 2.48. The fraction of sp³-hybridized carbons (Fsp3) is 0.920. The second-order valence-electron chi connectivity index (χ2n) is 26.0. The van der Waals surface area contributed by atoms with Crippen LogP contribution in [-0.2, 0) is 48.2 Å². The van der Waals surface area contributed by atoms with E-state index in [2.05, 4.69) is 20.8 Å². The van der Waals surface area contributed by atoms with Crippen molar-refractivity contribution in [3.8, 4) is 0 Å². The minimum absolute atomic E-state index is 0.223. The second-order valence-corrected chi connectivity index (χ2v) is 29.7. The highest BCUT2D eigenvalue weighted by atomic mass is 32.2. The van der Waals surface area contributed by atoms with E-state index in [1.807, 2.05) is 35.3 Å². The van der Waals surface area contributed by atoms with Gasteiger partial charge in [0.2, 0.25) is 0 Å². The number of aromatic nitrogens is 3. The van der Waals surface area contributed by atoms with Gasteiger partial charge in [-0.25, -0.2) is 28.1 Å². The van der Waals surface area contributed by atoms with Crippen LogP contribution >= 0.6 is 35.3 Å². The lowest BCUT2D eigenvalue weighted by atomic mass is 10.0. The van der Waals surface area contributed by atoms with Gasteiger partial charge in [0.1, 0.15) is 19.8 Å². The zero-order valence-electron chi connectivity index (χ0n) is 58.9. The topological polar surface area (TPSA) is 145 Å². The van der Waals surface area contributed by atoms with Crippen LogP contribution in [0.3, 0.4) is 0 Å². The maximum atomic E-state index is 13.7. The van der Waals surface area contributed by atoms with Crippen LogP contribution in [-0.4, -0.2) is 85.9 Å². The van der Waals surface area contributed by atoms with Crippen LogP contribution in [0.25, 0.3) is 0 Å². The zero-order chi connectivity index (χ0) is 65.1. The molecule has 0 aliphatic carbocycles. The monoisotopic (exact) mass is 1320 g/mol. The standard InChI is InChI=1S/C75H141N3O9S3/c1-4-7-10-13-16-19-22-25-28-31-34-37-40-43-49-64-88-67-52-46-55-70(79)85-61-58-76-73(82)77(59-62-86-71(80)56-47-53-68-89-65-50-44-41-38-35-32-29-26-23-20-17-14-11-8-5-2)75(84)78(74(76)83)60-63-87-72(81)57-48-54-69-90-66-51-45-42-39-36-33-30-27-24-21-18-15-12-9-6-3/h4-69H2,1-3H3. The van der Waals surface area contributed by atoms with Crippen molar-refractivity contribution in [2.45, 2.75) is 387 Å². The summed E-state index contributed by atoms with van der Waals surface area (Å²) in [4.78, 5) is 79.4. The van der Waals surface area contributed by atoms with Gasteiger partial charge >= 0.3 is 35.0 Å². The van der Waals surface area contributed by atoms with Crippen LogP contribution in [0.5, 0.6) is 0 Å². The lowest BCUT2D eigenvalue weighted by Crippen LogP contribution is -2.55. The molecule has 0 N–H and O–H groups in total. The highest BCUT2D eigenvalue weighted by Crippen LogP contribution is 2.19. The number of carbonyl (C=O) groups is 3. The van der Waals surface area contributed by atoms with Crippen molar-refractivity contribution in [1.29, 1.82) is 0 Å². The molecule has 1 heterocycles. The zero-order valence-corrected chi connectivity index (χ0v) is 61.4. The number of rotatable bonds is 72. The van der Waals surface area contributed by atoms with E-state index in [9.17, 15) is 28.8 Å². The Morgan fingerprint density at radius 3 is 0.578 bits per heavy atom. The normalized spacial score (nSPS) is 11.5. The van der Waals surface area contributed by atoms with Crippen molar-refractivity contribution < 1.29 is 28.6 Å². The Bertz CT molecular complexity index is 1700. The van der Waals surface area contributed by atoms with Gasteiger partial charge in [-0.05, 0) is 92.3 Å². The highest BCUT2D eigenvalue weighted by molar-refractivity contribution is 7.99. The van der Waals surface area contributed by atoms with Crippen LogP contribution in [0.15, 0.2) is 14.4 Å². The smallest absolute Gasteiger partial charge is 0.336 e. The number of nitrogens with zero attached hydrogens (tertiary/aromatic N) is 3. The Hall–Kier alpha value is -2.13. The average molecular weight is 1330 g/mol. The fourth-order valence-electron chi connectivity index (χ4n) is 11.7. The average Bonchev–Trinajstić information content (AvgIpc) is 0.821. The van der Waals surface area contributed by atoms with E-state index in [-0.39, 0.29) is 58.7 Å². The van der Waals surface area contributed by atoms with Crippen molar-refractivity contribution in [2.75, 3.05) is 54.3 Å². The predicted molar refractivity (Wildman–Crippen MR) is 390 cm³/mol. The summed E-state index contributed by atoms with van der Waals surface area (Å²) in [6, 6.07) is 0. The van der Waals surface area contributed by atoms with E-state index >= 15 is 0 Å². The third-order valence-corrected chi connectivity index (χ3v) is 21.0. The quantitative estimate of drug-likeness (QED) is 0.0348. The maximum absolute atomic E-state index is 13.7. The molecule has 12 nitrogen and oxygen atoms in total. The lowest BCUT2D eigenvalue weighted by molar-refractivity contribution is -0.144. The van der Waals surface area contributed by atoms with Crippen LogP contribution in [0.2, 0.25) is 0 Å². The molecule has 0 aliphatic rings. The van der Waals surface area contributed by atoms with E-state index in [0.717, 1.165) is 67.5 Å². The summed E-state index contributed by atoms with van der Waals surface area (Å²) in [5.41, 5.74) is -2.62. The minimum Gasteiger partial charge on any atom is -0.464 e. The second kappa shape index (κ2) is 68.3. The largest absolute Gasteiger partial charge is 0.464 e. The van der Waals surface area contributed by atoms with Gasteiger partial charge in [0.15, 0.2) is 0 Å². The van der Waals surface area contributed by atoms with E-state index in [4.69, 9.17) is 14.2 Å². The van der Waals surface area contributed by atoms with Gasteiger partial charge < -0.3 is 14.2 Å². The molecule has 0 aromatic carbocycles. The number of hydrogen-bond acceptors (Lipinski definition) is 12. The summed E-state index contributed by atoms with van der Waals surface area (Å²) in [6.45, 7) is 5.39. The van der Waals surface area contributed by atoms with Crippen LogP contribution in [0.4, 0.5) is 0 Å². The fourth-order valence-corrected chi connectivity index (χ4v) is 14.7. The van der Waals surface area contributed by atoms with Crippen molar-refractivity contribution in [3.05, 3.63) is 31.5 Å². The van der Waals surface area contributed by atoms with Crippen LogP contribution in [0.1, 0.15) is 367 Å². The Morgan fingerprint density at radius 2 is 0.400 bits per heavy atom. The van der Waals surface area contributed by atoms with Crippen molar-refractivity contribution in [3.63, 3.8) is 0 Å². The predicted octanol–water partition coefficient (Wildman–Crippen LogP) is 21.1. The molecule has 0 saturated carbocycles. The molecule has 0 amide bonds. The Kier molecular flexibility index (Phi) is 65.1. The van der Waals surface area contributed by atoms with Gasteiger partial charge in [-0.2, -0.15) is 35.3 Å². The number of thioether (sulfide) groups is 3. The van der Waals surface area contributed by atoms with Gasteiger partial charge in [-0.3, -0.25) is 14.4 Å². The SMILES string of the molecule is CCCCCCCCCCCCCCCCCSCCCCC(=O)OCCn1c(=O)n(CCOC(=O)CCCCSCCCCCCCCCCCCCCCCC)c(=O)n(CCOC(=O)CCCCSCCCCCCCCCCCCCCCCC)c1=O. The molecule has 0 fully saturated rings. The number of carbonyl (C=O) groups excluding carboxylic acids is 3. The van der Waals surface area contributed by atoms with Crippen molar-refractivity contribution in [2.24, 2.45) is 0 Å². The first kappa shape index (κ1) is 85.9. The molecule has 0 atom stereocenters. The molecule has 528 valence electrons. The Morgan fingerprint density at radius 1 is 0.244 bits per heavy atom. The third kappa shape index (κ3) is 55.2. The molecule has 1 aromatic rings. The molecule has 90 heavy (non-hydrogen) atoms. The van der Waals surface area contributed by atoms with Gasteiger partial charge in [-0.1, -0.05) is 290 Å². The molecule has 1 aromatic heterocycles. The molecule has 0 spiro atoms. The van der Waals surface area contributed by atoms with E-state index < -0.39 is 35.0 Å². The highest BCUT2D eigenvalue weighted by Gasteiger charge is 2.18. The van der Waals surface area contributed by atoms with E-state index in [1.165, 1.54) is 289 Å². The Labute approximate surface area is 565 Å². The first-order valence-electron chi connectivity index (χ1n) is 38.4. The van der Waals surface area contributed by atoms with E-state index in [1.54, 1.807) is 0 Å². The van der Waals surface area contributed by atoms with Gasteiger partial charge in [-0.15, -0.1) is 0 Å². The third-order valence-electron chi connectivity index (χ3n) is 17.6. The molecule has 0 saturated heterocycles. The molecular formula is C75H141N3O9S3. The van der Waals surface area contributed by atoms with Gasteiger partial charge in [0, 0.05) is 19.3 Å². The van der Waals surface area contributed by atoms with Gasteiger partial charge in [0.05, 0.1) is 19.6 Å². The summed E-state index contributed by atoms with van der Waals surface area (Å²) in [6.07, 6.45) is 66.8. The van der Waals surface area contributed by atoms with Crippen molar-refractivity contribution in [1.82, 2.24) is 13.7 Å². The summed E-state index contributed by atoms with van der Waals surface area (Å²) >= 11 is 5.82. The number of esters is 3. The van der Waals surface area contributed by atoms with Crippen molar-refractivity contribution >= 4 is 53.2 Å². The number of ether oxygens (including phenoxy) is 3. The lowest BCUT2D eigenvalue weighted by Gasteiger charge is -2.14. The molecule has 0 bridgehead atoms. The first-order valence-corrected chi connectivity index (χ1v) is 41.9. The molecule has 0 aliphatic heterocycles. The van der Waals surface area contributed by atoms with E-state index in [0.29, 0.717) is 19.3 Å². The molecule has 0 unspecified atom stereocenters.